The van der Waals surface area contributed by atoms with E-state index in [2.05, 4.69) is 4.98 Å². The van der Waals surface area contributed by atoms with Crippen LogP contribution in [0.25, 0.3) is 11.0 Å². The Kier molecular flexibility index (Phi) is 5.22. The fourth-order valence-corrected chi connectivity index (χ4v) is 3.09. The number of para-hydroxylation sites is 3. The van der Waals surface area contributed by atoms with Crippen molar-refractivity contribution in [1.82, 2.24) is 9.55 Å². The van der Waals surface area contributed by atoms with Crippen molar-refractivity contribution in [3.8, 4) is 5.75 Å². The van der Waals surface area contributed by atoms with E-state index in [4.69, 9.17) is 4.74 Å². The third-order valence-electron chi connectivity index (χ3n) is 3.71. The van der Waals surface area contributed by atoms with Crippen molar-refractivity contribution in [2.45, 2.75) is 18.5 Å². The van der Waals surface area contributed by atoms with Crippen LogP contribution >= 0.6 is 11.8 Å². The van der Waals surface area contributed by atoms with Crippen molar-refractivity contribution in [2.24, 2.45) is 0 Å². The molecule has 0 atom stereocenters. The van der Waals surface area contributed by atoms with Gasteiger partial charge in [0.25, 0.3) is 0 Å². The van der Waals surface area contributed by atoms with Crippen LogP contribution in [0.1, 0.15) is 11.4 Å². The van der Waals surface area contributed by atoms with E-state index in [-0.39, 0.29) is 6.54 Å². The maximum atomic E-state index is 13.0. The van der Waals surface area contributed by atoms with Crippen LogP contribution in [-0.2, 0) is 23.3 Å². The molecule has 0 aliphatic rings. The van der Waals surface area contributed by atoms with E-state index in [1.165, 1.54) is 23.9 Å². The summed E-state index contributed by atoms with van der Waals surface area (Å²) < 4.78 is 45.8. The van der Waals surface area contributed by atoms with E-state index < -0.39 is 23.5 Å². The lowest BCUT2D eigenvalue weighted by Gasteiger charge is -2.13. The number of alkyl halides is 3. The summed E-state index contributed by atoms with van der Waals surface area (Å²) >= 11 is 1.54. The highest BCUT2D eigenvalue weighted by Gasteiger charge is 2.34. The number of imidazole rings is 1. The first kappa shape index (κ1) is 18.3. The van der Waals surface area contributed by atoms with Crippen molar-refractivity contribution in [3.63, 3.8) is 0 Å². The topological polar surface area (TPSA) is 44.1 Å². The van der Waals surface area contributed by atoms with Crippen LogP contribution in [0.15, 0.2) is 48.5 Å². The van der Waals surface area contributed by atoms with Crippen molar-refractivity contribution in [3.05, 3.63) is 59.9 Å². The van der Waals surface area contributed by atoms with Gasteiger partial charge in [-0.2, -0.15) is 24.9 Å². The number of fused-ring (bicyclic) bond motifs is 1. The molecule has 0 spiro atoms. The molecule has 0 saturated heterocycles. The summed E-state index contributed by atoms with van der Waals surface area (Å²) in [6, 6.07) is 11.9. The van der Waals surface area contributed by atoms with Gasteiger partial charge in [0, 0.05) is 0 Å². The van der Waals surface area contributed by atoms with E-state index in [1.54, 1.807) is 4.57 Å². The predicted octanol–water partition coefficient (Wildman–Crippen LogP) is 4.52. The molecule has 0 bridgehead atoms. The van der Waals surface area contributed by atoms with Crippen molar-refractivity contribution < 1.29 is 22.7 Å². The summed E-state index contributed by atoms with van der Waals surface area (Å²) in [5.41, 5.74) is 0.478. The summed E-state index contributed by atoms with van der Waals surface area (Å²) in [4.78, 5) is 16.8. The molecule has 0 unspecified atom stereocenters. The first-order valence-corrected chi connectivity index (χ1v) is 9.09. The van der Waals surface area contributed by atoms with Gasteiger partial charge in [-0.25, -0.2) is 9.78 Å². The van der Waals surface area contributed by atoms with Crippen molar-refractivity contribution in [1.29, 1.82) is 0 Å². The van der Waals surface area contributed by atoms with Crippen LogP contribution in [0, 0.1) is 0 Å². The van der Waals surface area contributed by atoms with Crippen molar-refractivity contribution in [2.75, 3.05) is 6.26 Å². The molecule has 0 aliphatic heterocycles. The minimum atomic E-state index is -4.59. The number of thioether (sulfide) groups is 1. The zero-order chi connectivity index (χ0) is 18.7. The molecular formula is C18H15F3N2O2S. The number of nitrogens with zero attached hydrogens (tertiary/aromatic N) is 2. The molecular weight excluding hydrogens is 365 g/mol. The Balaban J connectivity index is 1.88. The van der Waals surface area contributed by atoms with Crippen LogP contribution in [0.5, 0.6) is 5.75 Å². The molecule has 136 valence electrons. The lowest BCUT2D eigenvalue weighted by atomic mass is 10.2. The lowest BCUT2D eigenvalue weighted by Crippen LogP contribution is -2.19. The SMILES string of the molecule is CSCc1nc2ccccc2n1CC(=O)Oc1ccccc1C(F)(F)F. The highest BCUT2D eigenvalue weighted by Crippen LogP contribution is 2.36. The molecule has 3 rings (SSSR count). The smallest absolute Gasteiger partial charge is 0.419 e. The Labute approximate surface area is 152 Å². The highest BCUT2D eigenvalue weighted by molar-refractivity contribution is 7.97. The Bertz CT molecular complexity index is 938. The minimum absolute atomic E-state index is 0.220. The summed E-state index contributed by atoms with van der Waals surface area (Å²) in [6.07, 6.45) is -2.69. The van der Waals surface area contributed by atoms with E-state index in [1.807, 2.05) is 30.5 Å². The Morgan fingerprint density at radius 2 is 1.85 bits per heavy atom. The molecule has 0 amide bonds. The van der Waals surface area contributed by atoms with Crippen LogP contribution < -0.4 is 4.74 Å². The number of carbonyl (C=O) groups excluding carboxylic acids is 1. The molecule has 26 heavy (non-hydrogen) atoms. The number of hydrogen-bond donors (Lipinski definition) is 0. The number of rotatable bonds is 5. The predicted molar refractivity (Wildman–Crippen MR) is 94.0 cm³/mol. The standard InChI is InChI=1S/C18H15F3N2O2S/c1-26-11-16-22-13-7-3-4-8-14(13)23(16)10-17(24)25-15-9-5-2-6-12(15)18(19,20)21/h2-9H,10-11H2,1H3. The Morgan fingerprint density at radius 3 is 2.58 bits per heavy atom. The molecule has 0 aliphatic carbocycles. The molecule has 1 aromatic heterocycles. The first-order valence-electron chi connectivity index (χ1n) is 7.70. The summed E-state index contributed by atoms with van der Waals surface area (Å²) in [7, 11) is 0. The average molecular weight is 380 g/mol. The summed E-state index contributed by atoms with van der Waals surface area (Å²) in [6.45, 7) is -0.220. The summed E-state index contributed by atoms with van der Waals surface area (Å²) in [5.74, 6) is -0.0472. The molecule has 4 nitrogen and oxygen atoms in total. The number of halogens is 3. The Hall–Kier alpha value is -2.48. The number of benzene rings is 2. The normalized spacial score (nSPS) is 11.7. The lowest BCUT2D eigenvalue weighted by molar-refractivity contribution is -0.142. The fraction of sp³-hybridized carbons (Fsp3) is 0.222. The zero-order valence-corrected chi connectivity index (χ0v) is 14.6. The number of ether oxygens (including phenoxy) is 1. The number of aromatic nitrogens is 2. The van der Waals surface area contributed by atoms with Gasteiger partial charge in [0.05, 0.1) is 22.3 Å². The average Bonchev–Trinajstić information content (AvgIpc) is 2.92. The van der Waals surface area contributed by atoms with Crippen LogP contribution in [-0.4, -0.2) is 21.8 Å². The second kappa shape index (κ2) is 7.41. The molecule has 0 N–H and O–H groups in total. The molecule has 1 heterocycles. The monoisotopic (exact) mass is 380 g/mol. The van der Waals surface area contributed by atoms with Gasteiger partial charge in [-0.05, 0) is 30.5 Å². The van der Waals surface area contributed by atoms with E-state index >= 15 is 0 Å². The van der Waals surface area contributed by atoms with Gasteiger partial charge >= 0.3 is 12.1 Å². The second-order valence-electron chi connectivity index (χ2n) is 5.50. The molecule has 0 fully saturated rings. The maximum Gasteiger partial charge on any atom is 0.419 e. The van der Waals surface area contributed by atoms with Crippen LogP contribution in [0.4, 0.5) is 13.2 Å². The number of carbonyl (C=O) groups is 1. The fourth-order valence-electron chi connectivity index (χ4n) is 2.61. The van der Waals surface area contributed by atoms with Gasteiger partial charge in [-0.1, -0.05) is 24.3 Å². The van der Waals surface area contributed by atoms with Gasteiger partial charge in [0.2, 0.25) is 0 Å². The molecule has 8 heteroatoms. The van der Waals surface area contributed by atoms with E-state index in [9.17, 15) is 18.0 Å². The first-order chi connectivity index (χ1) is 12.4. The third-order valence-corrected chi connectivity index (χ3v) is 4.26. The quantitative estimate of drug-likeness (QED) is 0.482. The second-order valence-corrected chi connectivity index (χ2v) is 6.37. The Morgan fingerprint density at radius 1 is 1.15 bits per heavy atom. The van der Waals surface area contributed by atoms with Crippen molar-refractivity contribution >= 4 is 28.8 Å². The van der Waals surface area contributed by atoms with Crippen LogP contribution in [0.2, 0.25) is 0 Å². The number of hydrogen-bond acceptors (Lipinski definition) is 4. The highest BCUT2D eigenvalue weighted by atomic mass is 32.2. The molecule has 0 saturated carbocycles. The van der Waals surface area contributed by atoms with Gasteiger partial charge in [0.1, 0.15) is 18.1 Å². The largest absolute Gasteiger partial charge is 0.425 e. The minimum Gasteiger partial charge on any atom is -0.425 e. The van der Waals surface area contributed by atoms with Gasteiger partial charge in [-0.15, -0.1) is 0 Å². The van der Waals surface area contributed by atoms with E-state index in [0.29, 0.717) is 11.6 Å². The van der Waals surface area contributed by atoms with Crippen LogP contribution in [0.3, 0.4) is 0 Å². The molecule has 2 aromatic carbocycles. The van der Waals surface area contributed by atoms with Gasteiger partial charge in [0.15, 0.2) is 0 Å². The third kappa shape index (κ3) is 3.85. The summed E-state index contributed by atoms with van der Waals surface area (Å²) in [5, 5.41) is 0. The number of esters is 1. The van der Waals surface area contributed by atoms with E-state index in [0.717, 1.165) is 23.2 Å². The van der Waals surface area contributed by atoms with Gasteiger partial charge < -0.3 is 9.30 Å². The maximum absolute atomic E-state index is 13.0. The molecule has 0 radical (unpaired) electrons. The zero-order valence-electron chi connectivity index (χ0n) is 13.8. The molecule has 3 aromatic rings. The van der Waals surface area contributed by atoms with Gasteiger partial charge in [-0.3, -0.25) is 0 Å².